The van der Waals surface area contributed by atoms with E-state index < -0.39 is 0 Å². The number of rotatable bonds is 6. The first kappa shape index (κ1) is 13.0. The Morgan fingerprint density at radius 2 is 2.19 bits per heavy atom. The number of amides is 1. The molecule has 0 aliphatic carbocycles. The summed E-state index contributed by atoms with van der Waals surface area (Å²) in [6, 6.07) is 1.62. The number of nitrogens with zero attached hydrogens (tertiary/aromatic N) is 1. The van der Waals surface area contributed by atoms with Crippen LogP contribution in [0.4, 0.5) is 0 Å². The lowest BCUT2D eigenvalue weighted by molar-refractivity contribution is 0.0952. The molecule has 1 rings (SSSR count). The SMILES string of the molecule is CCCCCCNC(=O)c1cncc(Cl)c1. The van der Waals surface area contributed by atoms with Gasteiger partial charge >= 0.3 is 0 Å². The summed E-state index contributed by atoms with van der Waals surface area (Å²) in [6.45, 7) is 2.88. The van der Waals surface area contributed by atoms with Gasteiger partial charge in [0.25, 0.3) is 5.91 Å². The zero-order valence-electron chi connectivity index (χ0n) is 9.50. The van der Waals surface area contributed by atoms with Crippen molar-refractivity contribution in [1.82, 2.24) is 10.3 Å². The van der Waals surface area contributed by atoms with Gasteiger partial charge in [-0.2, -0.15) is 0 Å². The average Bonchev–Trinajstić information content (AvgIpc) is 2.28. The van der Waals surface area contributed by atoms with E-state index in [0.717, 1.165) is 12.8 Å². The zero-order chi connectivity index (χ0) is 11.8. The average molecular weight is 241 g/mol. The lowest BCUT2D eigenvalue weighted by Crippen LogP contribution is -2.24. The van der Waals surface area contributed by atoms with Crippen molar-refractivity contribution in [2.24, 2.45) is 0 Å². The van der Waals surface area contributed by atoms with E-state index in [1.165, 1.54) is 25.2 Å². The second-order valence-corrected chi connectivity index (χ2v) is 4.14. The highest BCUT2D eigenvalue weighted by Crippen LogP contribution is 2.08. The van der Waals surface area contributed by atoms with Crippen molar-refractivity contribution in [3.05, 3.63) is 29.0 Å². The minimum absolute atomic E-state index is 0.105. The summed E-state index contributed by atoms with van der Waals surface area (Å²) in [4.78, 5) is 15.5. The lowest BCUT2D eigenvalue weighted by atomic mass is 10.2. The Bertz CT molecular complexity index is 342. The standard InChI is InChI=1S/C12H17ClN2O/c1-2-3-4-5-6-15-12(16)10-7-11(13)9-14-8-10/h7-9H,2-6H2,1H3,(H,15,16). The fraction of sp³-hybridized carbons (Fsp3) is 0.500. The molecule has 0 atom stereocenters. The Labute approximate surface area is 101 Å². The first-order valence-corrected chi connectivity index (χ1v) is 6.00. The van der Waals surface area contributed by atoms with Crippen LogP contribution in [-0.4, -0.2) is 17.4 Å². The normalized spacial score (nSPS) is 10.1. The van der Waals surface area contributed by atoms with E-state index in [-0.39, 0.29) is 5.91 Å². The molecule has 1 aromatic heterocycles. The third-order valence-corrected chi connectivity index (χ3v) is 2.49. The fourth-order valence-corrected chi connectivity index (χ4v) is 1.57. The summed E-state index contributed by atoms with van der Waals surface area (Å²) < 4.78 is 0. The molecule has 1 N–H and O–H groups in total. The number of nitrogens with one attached hydrogen (secondary N) is 1. The number of carbonyl (C=O) groups is 1. The van der Waals surface area contributed by atoms with E-state index in [1.807, 2.05) is 0 Å². The quantitative estimate of drug-likeness (QED) is 0.777. The molecule has 1 amide bonds. The molecule has 88 valence electrons. The molecule has 0 saturated carbocycles. The van der Waals surface area contributed by atoms with E-state index in [4.69, 9.17) is 11.6 Å². The molecule has 0 aliphatic heterocycles. The van der Waals surface area contributed by atoms with Crippen molar-refractivity contribution in [3.63, 3.8) is 0 Å². The number of pyridine rings is 1. The monoisotopic (exact) mass is 240 g/mol. The highest BCUT2D eigenvalue weighted by molar-refractivity contribution is 6.30. The van der Waals surface area contributed by atoms with Gasteiger partial charge in [0.1, 0.15) is 0 Å². The number of unbranched alkanes of at least 4 members (excludes halogenated alkanes) is 3. The van der Waals surface area contributed by atoms with Gasteiger partial charge < -0.3 is 5.32 Å². The maximum absolute atomic E-state index is 11.6. The van der Waals surface area contributed by atoms with Crippen molar-refractivity contribution in [3.8, 4) is 0 Å². The first-order chi connectivity index (χ1) is 7.74. The Balaban J connectivity index is 2.30. The third-order valence-electron chi connectivity index (χ3n) is 2.28. The molecule has 0 aliphatic rings. The Morgan fingerprint density at radius 1 is 1.38 bits per heavy atom. The van der Waals surface area contributed by atoms with Crippen LogP contribution >= 0.6 is 11.6 Å². The van der Waals surface area contributed by atoms with E-state index in [2.05, 4.69) is 17.2 Å². The van der Waals surface area contributed by atoms with E-state index in [0.29, 0.717) is 17.1 Å². The highest BCUT2D eigenvalue weighted by Gasteiger charge is 2.05. The second-order valence-electron chi connectivity index (χ2n) is 3.71. The summed E-state index contributed by atoms with van der Waals surface area (Å²) in [6.07, 6.45) is 7.63. The minimum atomic E-state index is -0.105. The van der Waals surface area contributed by atoms with Crippen molar-refractivity contribution < 1.29 is 4.79 Å². The molecule has 0 unspecified atom stereocenters. The smallest absolute Gasteiger partial charge is 0.252 e. The van der Waals surface area contributed by atoms with Crippen molar-refractivity contribution in [2.45, 2.75) is 32.6 Å². The molecule has 0 saturated heterocycles. The molecule has 1 heterocycles. The van der Waals surface area contributed by atoms with Gasteiger partial charge in [0.2, 0.25) is 0 Å². The number of aromatic nitrogens is 1. The Kier molecular flexibility index (Phi) is 5.86. The van der Waals surface area contributed by atoms with Gasteiger partial charge in [-0.15, -0.1) is 0 Å². The van der Waals surface area contributed by atoms with Crippen molar-refractivity contribution in [1.29, 1.82) is 0 Å². The van der Waals surface area contributed by atoms with Gasteiger partial charge in [-0.25, -0.2) is 0 Å². The van der Waals surface area contributed by atoms with Gasteiger partial charge in [0.15, 0.2) is 0 Å². The van der Waals surface area contributed by atoms with Crippen LogP contribution in [0, 0.1) is 0 Å². The maximum atomic E-state index is 11.6. The lowest BCUT2D eigenvalue weighted by Gasteiger charge is -2.04. The third kappa shape index (κ3) is 4.62. The molecule has 0 bridgehead atoms. The molecule has 0 aromatic carbocycles. The van der Waals surface area contributed by atoms with Gasteiger partial charge in [-0.3, -0.25) is 9.78 Å². The van der Waals surface area contributed by atoms with E-state index in [1.54, 1.807) is 6.07 Å². The number of hydrogen-bond donors (Lipinski definition) is 1. The summed E-state index contributed by atoms with van der Waals surface area (Å²) in [5, 5.41) is 3.33. The van der Waals surface area contributed by atoms with E-state index >= 15 is 0 Å². The Morgan fingerprint density at radius 3 is 2.88 bits per heavy atom. The Hall–Kier alpha value is -1.09. The summed E-state index contributed by atoms with van der Waals surface area (Å²) in [5.41, 5.74) is 0.517. The van der Waals surface area contributed by atoms with Crippen molar-refractivity contribution >= 4 is 17.5 Å². The molecule has 0 radical (unpaired) electrons. The van der Waals surface area contributed by atoms with Crippen LogP contribution in [0.25, 0.3) is 0 Å². The predicted octanol–water partition coefficient (Wildman–Crippen LogP) is 3.05. The van der Waals surface area contributed by atoms with Gasteiger partial charge in [0.05, 0.1) is 10.6 Å². The molecular formula is C12H17ClN2O. The highest BCUT2D eigenvalue weighted by atomic mass is 35.5. The second kappa shape index (κ2) is 7.23. The predicted molar refractivity (Wildman–Crippen MR) is 65.7 cm³/mol. The van der Waals surface area contributed by atoms with Gasteiger partial charge in [-0.1, -0.05) is 37.8 Å². The number of hydrogen-bond acceptors (Lipinski definition) is 2. The largest absolute Gasteiger partial charge is 0.352 e. The minimum Gasteiger partial charge on any atom is -0.352 e. The van der Waals surface area contributed by atoms with Crippen LogP contribution in [0.1, 0.15) is 43.0 Å². The van der Waals surface area contributed by atoms with Gasteiger partial charge in [0, 0.05) is 18.9 Å². The first-order valence-electron chi connectivity index (χ1n) is 5.62. The van der Waals surface area contributed by atoms with Crippen LogP contribution < -0.4 is 5.32 Å². The molecule has 0 fully saturated rings. The van der Waals surface area contributed by atoms with Crippen LogP contribution in [0.15, 0.2) is 18.5 Å². The van der Waals surface area contributed by atoms with Crippen molar-refractivity contribution in [2.75, 3.05) is 6.54 Å². The molecule has 4 heteroatoms. The molecular weight excluding hydrogens is 224 g/mol. The van der Waals surface area contributed by atoms with Gasteiger partial charge in [-0.05, 0) is 12.5 Å². The number of halogens is 1. The molecule has 16 heavy (non-hydrogen) atoms. The summed E-state index contributed by atoms with van der Waals surface area (Å²) >= 11 is 5.75. The molecule has 0 spiro atoms. The van der Waals surface area contributed by atoms with Crippen LogP contribution in [0.2, 0.25) is 5.02 Å². The summed E-state index contributed by atoms with van der Waals surface area (Å²) in [5.74, 6) is -0.105. The fourth-order valence-electron chi connectivity index (χ4n) is 1.39. The summed E-state index contributed by atoms with van der Waals surface area (Å²) in [7, 11) is 0. The topological polar surface area (TPSA) is 42.0 Å². The van der Waals surface area contributed by atoms with E-state index in [9.17, 15) is 4.79 Å². The van der Waals surface area contributed by atoms with Crippen LogP contribution in [-0.2, 0) is 0 Å². The molecule has 1 aromatic rings. The number of carbonyl (C=O) groups excluding carboxylic acids is 1. The van der Waals surface area contributed by atoms with Crippen LogP contribution in [0.5, 0.6) is 0 Å². The molecule has 3 nitrogen and oxygen atoms in total. The maximum Gasteiger partial charge on any atom is 0.252 e. The zero-order valence-corrected chi connectivity index (χ0v) is 10.3. The van der Waals surface area contributed by atoms with Crippen LogP contribution in [0.3, 0.4) is 0 Å².